The van der Waals surface area contributed by atoms with Crippen LogP contribution in [0.25, 0.3) is 0 Å². The predicted octanol–water partition coefficient (Wildman–Crippen LogP) is 4.02. The van der Waals surface area contributed by atoms with Crippen LogP contribution >= 0.6 is 11.6 Å². The van der Waals surface area contributed by atoms with Crippen LogP contribution in [0, 0.1) is 6.92 Å². The number of aryl methyl sites for hydroxylation is 2. The number of benzene rings is 2. The number of hydrogen-bond donors (Lipinski definition) is 1. The Hall–Kier alpha value is -1.72. The molecule has 22 heavy (non-hydrogen) atoms. The lowest BCUT2D eigenvalue weighted by molar-refractivity contribution is 0.403. The highest BCUT2D eigenvalue weighted by molar-refractivity contribution is 7.92. The summed E-state index contributed by atoms with van der Waals surface area (Å²) in [6.45, 7) is 3.85. The summed E-state index contributed by atoms with van der Waals surface area (Å²) in [5, 5.41) is 0.335. The molecule has 0 aliphatic carbocycles. The first-order valence-electron chi connectivity index (χ1n) is 6.84. The summed E-state index contributed by atoms with van der Waals surface area (Å²) in [7, 11) is -2.37. The molecule has 0 aromatic heterocycles. The van der Waals surface area contributed by atoms with Crippen molar-refractivity contribution in [1.29, 1.82) is 0 Å². The van der Waals surface area contributed by atoms with E-state index in [0.717, 1.165) is 17.5 Å². The zero-order valence-corrected chi connectivity index (χ0v) is 14.3. The van der Waals surface area contributed by atoms with E-state index in [1.165, 1.54) is 19.2 Å². The number of sulfonamides is 1. The van der Waals surface area contributed by atoms with Crippen LogP contribution in [-0.4, -0.2) is 15.5 Å². The Bertz CT molecular complexity index is 788. The van der Waals surface area contributed by atoms with Gasteiger partial charge in [-0.1, -0.05) is 36.7 Å². The van der Waals surface area contributed by atoms with Crippen molar-refractivity contribution in [2.45, 2.75) is 25.2 Å². The van der Waals surface area contributed by atoms with E-state index in [-0.39, 0.29) is 10.6 Å². The lowest BCUT2D eigenvalue weighted by Crippen LogP contribution is -2.16. The van der Waals surface area contributed by atoms with E-state index in [0.29, 0.717) is 10.7 Å². The maximum Gasteiger partial charge on any atom is 0.265 e. The molecule has 0 saturated heterocycles. The predicted molar refractivity (Wildman–Crippen MR) is 89.4 cm³/mol. The van der Waals surface area contributed by atoms with Gasteiger partial charge in [0.15, 0.2) is 0 Å². The molecule has 0 heterocycles. The Morgan fingerprint density at radius 2 is 1.95 bits per heavy atom. The highest BCUT2D eigenvalue weighted by Crippen LogP contribution is 2.30. The molecule has 0 aliphatic rings. The van der Waals surface area contributed by atoms with Gasteiger partial charge in [0.1, 0.15) is 10.6 Å². The Kier molecular flexibility index (Phi) is 4.98. The van der Waals surface area contributed by atoms with Crippen LogP contribution in [0.2, 0.25) is 5.02 Å². The zero-order valence-electron chi connectivity index (χ0n) is 12.7. The molecule has 0 spiro atoms. The third kappa shape index (κ3) is 3.36. The highest BCUT2D eigenvalue weighted by atomic mass is 35.5. The largest absolute Gasteiger partial charge is 0.495 e. The molecule has 0 bridgehead atoms. The summed E-state index contributed by atoms with van der Waals surface area (Å²) in [4.78, 5) is 0.0211. The summed E-state index contributed by atoms with van der Waals surface area (Å²) in [5.74, 6) is 0.253. The number of methoxy groups -OCH3 is 1. The molecule has 4 nitrogen and oxygen atoms in total. The first kappa shape index (κ1) is 16.6. The standard InChI is InChI=1S/C16H18ClNO3S/c1-4-12-7-5-6-11(2)16(12)18-22(19,20)15-10-13(17)8-9-14(15)21-3/h5-10,18H,4H2,1-3H3. The number of hydrogen-bond acceptors (Lipinski definition) is 3. The van der Waals surface area contributed by atoms with Crippen LogP contribution in [-0.2, 0) is 16.4 Å². The molecule has 0 aliphatic heterocycles. The van der Waals surface area contributed by atoms with Gasteiger partial charge in [-0.15, -0.1) is 0 Å². The lowest BCUT2D eigenvalue weighted by atomic mass is 10.1. The fourth-order valence-electron chi connectivity index (χ4n) is 2.22. The first-order valence-corrected chi connectivity index (χ1v) is 8.70. The summed E-state index contributed by atoms with van der Waals surface area (Å²) in [6, 6.07) is 10.2. The Morgan fingerprint density at radius 3 is 2.59 bits per heavy atom. The normalized spacial score (nSPS) is 11.3. The molecule has 0 radical (unpaired) electrons. The van der Waals surface area contributed by atoms with E-state index in [1.807, 2.05) is 32.0 Å². The topological polar surface area (TPSA) is 55.4 Å². The van der Waals surface area contributed by atoms with Crippen molar-refractivity contribution in [3.05, 3.63) is 52.5 Å². The quantitative estimate of drug-likeness (QED) is 0.895. The van der Waals surface area contributed by atoms with Gasteiger partial charge in [-0.05, 0) is 42.7 Å². The molecular weight excluding hydrogens is 322 g/mol. The van der Waals surface area contributed by atoms with E-state index in [2.05, 4.69) is 4.72 Å². The average molecular weight is 340 g/mol. The fraction of sp³-hybridized carbons (Fsp3) is 0.250. The minimum Gasteiger partial charge on any atom is -0.495 e. The molecule has 2 aromatic rings. The second-order valence-corrected chi connectivity index (χ2v) is 6.95. The van der Waals surface area contributed by atoms with Crippen molar-refractivity contribution >= 4 is 27.3 Å². The SMILES string of the molecule is CCc1cccc(C)c1NS(=O)(=O)c1cc(Cl)ccc1OC. The third-order valence-electron chi connectivity index (χ3n) is 3.39. The van der Waals surface area contributed by atoms with Crippen LogP contribution in [0.1, 0.15) is 18.1 Å². The summed E-state index contributed by atoms with van der Waals surface area (Å²) >= 11 is 5.92. The molecular formula is C16H18ClNO3S. The van der Waals surface area contributed by atoms with Crippen molar-refractivity contribution in [3.8, 4) is 5.75 Å². The monoisotopic (exact) mass is 339 g/mol. The van der Waals surface area contributed by atoms with Gasteiger partial charge in [-0.3, -0.25) is 4.72 Å². The van der Waals surface area contributed by atoms with Crippen LogP contribution in [0.3, 0.4) is 0 Å². The van der Waals surface area contributed by atoms with Crippen molar-refractivity contribution < 1.29 is 13.2 Å². The Labute approximate surface area is 136 Å². The van der Waals surface area contributed by atoms with Gasteiger partial charge in [0.25, 0.3) is 10.0 Å². The lowest BCUT2D eigenvalue weighted by Gasteiger charge is -2.16. The van der Waals surface area contributed by atoms with E-state index >= 15 is 0 Å². The maximum absolute atomic E-state index is 12.7. The minimum atomic E-state index is -3.79. The van der Waals surface area contributed by atoms with Crippen LogP contribution in [0.5, 0.6) is 5.75 Å². The second-order valence-electron chi connectivity index (χ2n) is 4.86. The van der Waals surface area contributed by atoms with Gasteiger partial charge in [-0.25, -0.2) is 8.42 Å². The highest BCUT2D eigenvalue weighted by Gasteiger charge is 2.21. The number of rotatable bonds is 5. The number of para-hydroxylation sites is 1. The van der Waals surface area contributed by atoms with Crippen molar-refractivity contribution in [2.75, 3.05) is 11.8 Å². The average Bonchev–Trinajstić information content (AvgIpc) is 2.49. The van der Waals surface area contributed by atoms with Gasteiger partial charge >= 0.3 is 0 Å². The molecule has 118 valence electrons. The maximum atomic E-state index is 12.7. The third-order valence-corrected chi connectivity index (χ3v) is 5.00. The van der Waals surface area contributed by atoms with E-state index in [4.69, 9.17) is 16.3 Å². The number of anilines is 1. The molecule has 0 saturated carbocycles. The molecule has 2 aromatic carbocycles. The Morgan fingerprint density at radius 1 is 1.23 bits per heavy atom. The number of halogens is 1. The zero-order chi connectivity index (χ0) is 16.3. The van der Waals surface area contributed by atoms with E-state index in [9.17, 15) is 8.42 Å². The molecule has 0 amide bonds. The van der Waals surface area contributed by atoms with E-state index < -0.39 is 10.0 Å². The van der Waals surface area contributed by atoms with Crippen LogP contribution < -0.4 is 9.46 Å². The molecule has 0 unspecified atom stereocenters. The van der Waals surface area contributed by atoms with Crippen molar-refractivity contribution in [1.82, 2.24) is 0 Å². The van der Waals surface area contributed by atoms with Crippen LogP contribution in [0.4, 0.5) is 5.69 Å². The molecule has 1 N–H and O–H groups in total. The Balaban J connectivity index is 2.52. The van der Waals surface area contributed by atoms with Gasteiger partial charge in [0, 0.05) is 5.02 Å². The van der Waals surface area contributed by atoms with Gasteiger partial charge in [0.05, 0.1) is 12.8 Å². The molecule has 0 fully saturated rings. The second kappa shape index (κ2) is 6.58. The van der Waals surface area contributed by atoms with Crippen molar-refractivity contribution in [3.63, 3.8) is 0 Å². The smallest absolute Gasteiger partial charge is 0.265 e. The fourth-order valence-corrected chi connectivity index (χ4v) is 3.82. The summed E-state index contributed by atoms with van der Waals surface area (Å²) in [5.41, 5.74) is 2.40. The first-order chi connectivity index (χ1) is 10.4. The number of ether oxygens (including phenoxy) is 1. The number of nitrogens with one attached hydrogen (secondary N) is 1. The van der Waals surface area contributed by atoms with Crippen molar-refractivity contribution in [2.24, 2.45) is 0 Å². The molecule has 6 heteroatoms. The van der Waals surface area contributed by atoms with Gasteiger partial charge in [0.2, 0.25) is 0 Å². The van der Waals surface area contributed by atoms with Gasteiger partial charge < -0.3 is 4.74 Å². The summed E-state index contributed by atoms with van der Waals surface area (Å²) < 4.78 is 33.2. The van der Waals surface area contributed by atoms with E-state index in [1.54, 1.807) is 6.07 Å². The molecule has 0 atom stereocenters. The van der Waals surface area contributed by atoms with Crippen LogP contribution in [0.15, 0.2) is 41.3 Å². The molecule has 2 rings (SSSR count). The van der Waals surface area contributed by atoms with Gasteiger partial charge in [-0.2, -0.15) is 0 Å². The summed E-state index contributed by atoms with van der Waals surface area (Å²) in [6.07, 6.45) is 0.728. The minimum absolute atomic E-state index is 0.0211.